The van der Waals surface area contributed by atoms with Gasteiger partial charge in [0.1, 0.15) is 0 Å². The van der Waals surface area contributed by atoms with Gasteiger partial charge in [-0.15, -0.1) is 0 Å². The lowest BCUT2D eigenvalue weighted by atomic mass is 10.0. The summed E-state index contributed by atoms with van der Waals surface area (Å²) in [6.07, 6.45) is 2.98. The summed E-state index contributed by atoms with van der Waals surface area (Å²) in [6, 6.07) is 14.5. The molecule has 0 radical (unpaired) electrons. The van der Waals surface area contributed by atoms with Gasteiger partial charge in [0.25, 0.3) is 5.91 Å². The number of carbonyl (C=O) groups excluding carboxylic acids is 1. The van der Waals surface area contributed by atoms with Crippen molar-refractivity contribution < 1.29 is 19.4 Å². The number of amides is 1. The van der Waals surface area contributed by atoms with Gasteiger partial charge in [-0.3, -0.25) is 4.79 Å². The first kappa shape index (κ1) is 23.8. The van der Waals surface area contributed by atoms with Crippen LogP contribution in [0.5, 0.6) is 0 Å². The molecule has 0 aliphatic carbocycles. The lowest BCUT2D eigenvalue weighted by Crippen LogP contribution is -2.44. The summed E-state index contributed by atoms with van der Waals surface area (Å²) in [7, 11) is 2.15. The van der Waals surface area contributed by atoms with E-state index < -0.39 is 5.97 Å². The Kier molecular flexibility index (Phi) is 8.64. The fourth-order valence-corrected chi connectivity index (χ4v) is 4.14. The van der Waals surface area contributed by atoms with Crippen LogP contribution in [0.2, 0.25) is 0 Å². The average molecular weight is 440 g/mol. The van der Waals surface area contributed by atoms with Crippen LogP contribution in [-0.4, -0.2) is 67.8 Å². The molecule has 1 heterocycles. The van der Waals surface area contributed by atoms with E-state index in [1.165, 1.54) is 0 Å². The normalized spacial score (nSPS) is 14.5. The predicted molar refractivity (Wildman–Crippen MR) is 127 cm³/mol. The zero-order valence-corrected chi connectivity index (χ0v) is 18.9. The van der Waals surface area contributed by atoms with Crippen LogP contribution in [-0.2, 0) is 4.74 Å². The molecule has 0 spiro atoms. The van der Waals surface area contributed by atoms with Crippen molar-refractivity contribution in [1.29, 1.82) is 0 Å². The summed E-state index contributed by atoms with van der Waals surface area (Å²) in [6.45, 7) is 6.15. The number of hydrogen-bond acceptors (Lipinski definition) is 5. The van der Waals surface area contributed by atoms with E-state index in [1.807, 2.05) is 13.0 Å². The largest absolute Gasteiger partial charge is 0.478 e. The lowest BCUT2D eigenvalue weighted by Gasteiger charge is -2.38. The van der Waals surface area contributed by atoms with E-state index in [9.17, 15) is 14.7 Å². The molecule has 1 aliphatic rings. The first-order chi connectivity index (χ1) is 15.5. The van der Waals surface area contributed by atoms with Crippen molar-refractivity contribution in [3.8, 4) is 0 Å². The maximum absolute atomic E-state index is 12.4. The number of anilines is 2. The molecule has 172 valence electrons. The molecule has 3 rings (SSSR count). The van der Waals surface area contributed by atoms with E-state index in [4.69, 9.17) is 4.74 Å². The molecule has 32 heavy (non-hydrogen) atoms. The Morgan fingerprint density at radius 2 is 1.88 bits per heavy atom. The van der Waals surface area contributed by atoms with Crippen LogP contribution in [0.15, 0.2) is 48.5 Å². The van der Waals surface area contributed by atoms with E-state index in [2.05, 4.69) is 22.2 Å². The predicted octanol–water partition coefficient (Wildman–Crippen LogP) is 3.96. The third-order valence-electron chi connectivity index (χ3n) is 5.95. The van der Waals surface area contributed by atoms with E-state index in [0.717, 1.165) is 52.1 Å². The van der Waals surface area contributed by atoms with Gasteiger partial charge < -0.3 is 25.0 Å². The van der Waals surface area contributed by atoms with Crippen molar-refractivity contribution in [3.05, 3.63) is 59.7 Å². The number of nitrogens with one attached hydrogen (secondary N) is 1. The number of piperidine rings is 1. The topological polar surface area (TPSA) is 82.1 Å². The summed E-state index contributed by atoms with van der Waals surface area (Å²) >= 11 is 0. The number of carboxylic acid groups (broad SMARTS) is 1. The first-order valence-electron chi connectivity index (χ1n) is 11.3. The SMILES string of the molecule is CCOCCCN(C)C1CCN(c2ccc(NC(=O)c3ccccc3)cc2C(=O)O)CC1. The molecular weight excluding hydrogens is 406 g/mol. The highest BCUT2D eigenvalue weighted by Gasteiger charge is 2.25. The molecule has 2 aromatic rings. The number of aromatic carboxylic acids is 1. The number of rotatable bonds is 10. The highest BCUT2D eigenvalue weighted by molar-refractivity contribution is 6.05. The number of benzene rings is 2. The second-order valence-electron chi connectivity index (χ2n) is 8.11. The molecule has 0 atom stereocenters. The Morgan fingerprint density at radius 3 is 2.53 bits per heavy atom. The van der Waals surface area contributed by atoms with Crippen LogP contribution in [0.3, 0.4) is 0 Å². The molecule has 0 bridgehead atoms. The number of carbonyl (C=O) groups is 2. The zero-order chi connectivity index (χ0) is 22.9. The minimum atomic E-state index is -0.994. The monoisotopic (exact) mass is 439 g/mol. The molecule has 1 aliphatic heterocycles. The van der Waals surface area contributed by atoms with Crippen LogP contribution in [0.4, 0.5) is 11.4 Å². The van der Waals surface area contributed by atoms with Gasteiger partial charge in [0, 0.05) is 50.1 Å². The van der Waals surface area contributed by atoms with Crippen molar-refractivity contribution in [2.24, 2.45) is 0 Å². The second kappa shape index (κ2) is 11.6. The maximum Gasteiger partial charge on any atom is 0.337 e. The smallest absolute Gasteiger partial charge is 0.337 e. The minimum absolute atomic E-state index is 0.208. The lowest BCUT2D eigenvalue weighted by molar-refractivity contribution is 0.0697. The molecule has 2 aromatic carbocycles. The van der Waals surface area contributed by atoms with Crippen molar-refractivity contribution in [3.63, 3.8) is 0 Å². The van der Waals surface area contributed by atoms with Crippen molar-refractivity contribution >= 4 is 23.3 Å². The Labute approximate surface area is 190 Å². The molecule has 0 aromatic heterocycles. The molecule has 7 heteroatoms. The molecule has 0 unspecified atom stereocenters. The highest BCUT2D eigenvalue weighted by Crippen LogP contribution is 2.28. The maximum atomic E-state index is 12.4. The van der Waals surface area contributed by atoms with E-state index in [-0.39, 0.29) is 11.5 Å². The first-order valence-corrected chi connectivity index (χ1v) is 11.3. The minimum Gasteiger partial charge on any atom is -0.478 e. The second-order valence-corrected chi connectivity index (χ2v) is 8.11. The van der Waals surface area contributed by atoms with E-state index in [1.54, 1.807) is 42.5 Å². The zero-order valence-electron chi connectivity index (χ0n) is 18.9. The molecular formula is C25H33N3O4. The number of ether oxygens (including phenoxy) is 1. The van der Waals surface area contributed by atoms with Crippen molar-refractivity contribution in [2.75, 3.05) is 50.1 Å². The fraction of sp³-hybridized carbons (Fsp3) is 0.440. The van der Waals surface area contributed by atoms with E-state index >= 15 is 0 Å². The van der Waals surface area contributed by atoms with Gasteiger partial charge in [0.05, 0.1) is 11.3 Å². The number of hydrogen-bond donors (Lipinski definition) is 2. The van der Waals surface area contributed by atoms with Gasteiger partial charge in [0.15, 0.2) is 0 Å². The molecule has 1 amide bonds. The summed E-state index contributed by atoms with van der Waals surface area (Å²) in [4.78, 5) is 28.9. The van der Waals surface area contributed by atoms with Gasteiger partial charge in [-0.25, -0.2) is 4.79 Å². The van der Waals surface area contributed by atoms with Crippen LogP contribution in [0, 0.1) is 0 Å². The summed E-state index contributed by atoms with van der Waals surface area (Å²) in [5, 5.41) is 12.6. The third-order valence-corrected chi connectivity index (χ3v) is 5.95. The molecule has 1 fully saturated rings. The van der Waals surface area contributed by atoms with Gasteiger partial charge >= 0.3 is 5.97 Å². The Balaban J connectivity index is 1.62. The third kappa shape index (κ3) is 6.31. The fourth-order valence-electron chi connectivity index (χ4n) is 4.14. The van der Waals surface area contributed by atoms with Crippen LogP contribution in [0.25, 0.3) is 0 Å². The van der Waals surface area contributed by atoms with Gasteiger partial charge in [0.2, 0.25) is 0 Å². The quantitative estimate of drug-likeness (QED) is 0.545. The summed E-state index contributed by atoms with van der Waals surface area (Å²) in [5.74, 6) is -1.26. The Bertz CT molecular complexity index is 895. The van der Waals surface area contributed by atoms with Crippen LogP contribution < -0.4 is 10.2 Å². The van der Waals surface area contributed by atoms with Crippen LogP contribution >= 0.6 is 0 Å². The summed E-state index contributed by atoms with van der Waals surface area (Å²) < 4.78 is 5.42. The standard InChI is InChI=1S/C25H33N3O4/c1-3-32-17-7-14-27(2)21-12-15-28(16-13-21)23-11-10-20(18-22(23)25(30)31)26-24(29)19-8-5-4-6-9-19/h4-6,8-11,18,21H,3,7,12-17H2,1-2H3,(H,26,29)(H,30,31). The molecule has 0 saturated carbocycles. The highest BCUT2D eigenvalue weighted by atomic mass is 16.5. The van der Waals surface area contributed by atoms with Crippen molar-refractivity contribution in [2.45, 2.75) is 32.2 Å². The van der Waals surface area contributed by atoms with Gasteiger partial charge in [-0.05, 0) is 63.6 Å². The Morgan fingerprint density at radius 1 is 1.16 bits per heavy atom. The molecule has 1 saturated heterocycles. The average Bonchev–Trinajstić information content (AvgIpc) is 2.82. The Hall–Kier alpha value is -2.90. The number of carboxylic acids is 1. The summed E-state index contributed by atoms with van der Waals surface area (Å²) in [5.41, 5.74) is 1.91. The van der Waals surface area contributed by atoms with Crippen LogP contribution in [0.1, 0.15) is 46.9 Å². The van der Waals surface area contributed by atoms with Crippen molar-refractivity contribution in [1.82, 2.24) is 4.90 Å². The number of nitrogens with zero attached hydrogens (tertiary/aromatic N) is 2. The molecule has 2 N–H and O–H groups in total. The molecule has 7 nitrogen and oxygen atoms in total. The van der Waals surface area contributed by atoms with Gasteiger partial charge in [-0.2, -0.15) is 0 Å². The van der Waals surface area contributed by atoms with E-state index in [0.29, 0.717) is 23.0 Å². The van der Waals surface area contributed by atoms with Gasteiger partial charge in [-0.1, -0.05) is 18.2 Å².